The quantitative estimate of drug-likeness (QED) is 0.791. The third kappa shape index (κ3) is 2.67. The number of rotatable bonds is 3. The lowest BCUT2D eigenvalue weighted by atomic mass is 9.83. The van der Waals surface area contributed by atoms with Gasteiger partial charge in [-0.1, -0.05) is 19.3 Å². The van der Waals surface area contributed by atoms with Gasteiger partial charge in [0.2, 0.25) is 0 Å². The molecule has 1 saturated heterocycles. The van der Waals surface area contributed by atoms with Crippen LogP contribution < -0.4 is 5.32 Å². The van der Waals surface area contributed by atoms with Crippen LogP contribution >= 0.6 is 0 Å². The van der Waals surface area contributed by atoms with Gasteiger partial charge in [0.15, 0.2) is 0 Å². The summed E-state index contributed by atoms with van der Waals surface area (Å²) in [6, 6.07) is 0.538. The third-order valence-electron chi connectivity index (χ3n) is 4.85. The summed E-state index contributed by atoms with van der Waals surface area (Å²) < 4.78 is 6.31. The molecule has 3 rings (SSSR count). The molecule has 2 saturated carbocycles. The molecule has 1 aliphatic heterocycles. The maximum absolute atomic E-state index is 9.24. The van der Waals surface area contributed by atoms with Crippen molar-refractivity contribution in [1.29, 1.82) is 0 Å². The monoisotopic (exact) mass is 239 g/mol. The topological polar surface area (TPSA) is 41.5 Å². The van der Waals surface area contributed by atoms with Crippen molar-refractivity contribution in [1.82, 2.24) is 5.32 Å². The van der Waals surface area contributed by atoms with Crippen LogP contribution in [0.2, 0.25) is 0 Å². The van der Waals surface area contributed by atoms with Gasteiger partial charge in [-0.2, -0.15) is 0 Å². The van der Waals surface area contributed by atoms with Crippen LogP contribution in [0.4, 0.5) is 0 Å². The zero-order chi connectivity index (χ0) is 11.7. The maximum atomic E-state index is 9.24. The van der Waals surface area contributed by atoms with E-state index in [2.05, 4.69) is 5.32 Å². The summed E-state index contributed by atoms with van der Waals surface area (Å²) in [4.78, 5) is 0. The van der Waals surface area contributed by atoms with Crippen molar-refractivity contribution in [3.63, 3.8) is 0 Å². The first kappa shape index (κ1) is 11.9. The van der Waals surface area contributed by atoms with Crippen molar-refractivity contribution in [3.05, 3.63) is 0 Å². The van der Waals surface area contributed by atoms with Crippen LogP contribution in [-0.4, -0.2) is 35.5 Å². The Hall–Kier alpha value is -0.120. The molecule has 2 N–H and O–H groups in total. The smallest absolute Gasteiger partial charge is 0.0708 e. The lowest BCUT2D eigenvalue weighted by Gasteiger charge is -2.35. The predicted molar refractivity (Wildman–Crippen MR) is 67.0 cm³/mol. The number of aliphatic hydroxyl groups is 1. The van der Waals surface area contributed by atoms with Gasteiger partial charge in [0, 0.05) is 12.6 Å². The molecule has 0 bridgehead atoms. The maximum Gasteiger partial charge on any atom is 0.0708 e. The zero-order valence-electron chi connectivity index (χ0n) is 10.7. The minimum atomic E-state index is -0.0540. The van der Waals surface area contributed by atoms with Crippen LogP contribution in [0.3, 0.4) is 0 Å². The van der Waals surface area contributed by atoms with Crippen LogP contribution in [0.5, 0.6) is 0 Å². The molecule has 0 aromatic rings. The number of nitrogens with one attached hydrogen (secondary N) is 1. The standard InChI is InChI=1S/C14H25NO2/c16-12-8-11(9-12)15-10-13-4-7-14(17-13)5-2-1-3-6-14/h11-13,15-16H,1-10H2. The molecule has 0 amide bonds. The van der Waals surface area contributed by atoms with E-state index in [9.17, 15) is 5.11 Å². The first-order valence-electron chi connectivity index (χ1n) is 7.35. The van der Waals surface area contributed by atoms with Gasteiger partial charge in [0.1, 0.15) is 0 Å². The first-order chi connectivity index (χ1) is 8.26. The average molecular weight is 239 g/mol. The van der Waals surface area contributed by atoms with Crippen molar-refractivity contribution >= 4 is 0 Å². The predicted octanol–water partition coefficient (Wildman–Crippen LogP) is 1.98. The third-order valence-corrected chi connectivity index (χ3v) is 4.85. The fourth-order valence-corrected chi connectivity index (χ4v) is 3.66. The molecule has 1 spiro atoms. The fraction of sp³-hybridized carbons (Fsp3) is 1.00. The highest BCUT2D eigenvalue weighted by Crippen LogP contribution is 2.41. The van der Waals surface area contributed by atoms with Gasteiger partial charge in [-0.3, -0.25) is 0 Å². The van der Waals surface area contributed by atoms with E-state index in [4.69, 9.17) is 4.74 Å². The Balaban J connectivity index is 1.41. The van der Waals surface area contributed by atoms with E-state index in [1.165, 1.54) is 44.9 Å². The highest BCUT2D eigenvalue weighted by molar-refractivity contribution is 4.93. The van der Waals surface area contributed by atoms with E-state index < -0.39 is 0 Å². The molecule has 98 valence electrons. The minimum absolute atomic E-state index is 0.0540. The Morgan fingerprint density at radius 2 is 1.88 bits per heavy atom. The summed E-state index contributed by atoms with van der Waals surface area (Å²) in [6.07, 6.45) is 11.4. The largest absolute Gasteiger partial charge is 0.393 e. The Bertz CT molecular complexity index is 257. The molecule has 0 aromatic heterocycles. The van der Waals surface area contributed by atoms with Gasteiger partial charge in [0.25, 0.3) is 0 Å². The van der Waals surface area contributed by atoms with Crippen molar-refractivity contribution in [2.24, 2.45) is 0 Å². The molecule has 2 aliphatic carbocycles. The number of hydrogen-bond acceptors (Lipinski definition) is 3. The molecule has 1 atom stereocenters. The summed E-state index contributed by atoms with van der Waals surface area (Å²) >= 11 is 0. The molecule has 3 fully saturated rings. The van der Waals surface area contributed by atoms with Crippen LogP contribution in [0.25, 0.3) is 0 Å². The van der Waals surface area contributed by atoms with Crippen molar-refractivity contribution in [3.8, 4) is 0 Å². The van der Waals surface area contributed by atoms with Crippen molar-refractivity contribution in [2.75, 3.05) is 6.54 Å². The highest BCUT2D eigenvalue weighted by atomic mass is 16.5. The molecular formula is C14H25NO2. The lowest BCUT2D eigenvalue weighted by Crippen LogP contribution is -2.47. The van der Waals surface area contributed by atoms with Crippen LogP contribution in [0.15, 0.2) is 0 Å². The van der Waals surface area contributed by atoms with Gasteiger partial charge >= 0.3 is 0 Å². The normalized spacial score (nSPS) is 40.4. The zero-order valence-corrected chi connectivity index (χ0v) is 10.7. The van der Waals surface area contributed by atoms with Gasteiger partial charge in [0.05, 0.1) is 17.8 Å². The van der Waals surface area contributed by atoms with Crippen LogP contribution in [0, 0.1) is 0 Å². The molecule has 0 radical (unpaired) electrons. The first-order valence-corrected chi connectivity index (χ1v) is 7.35. The molecule has 1 unspecified atom stereocenters. The molecule has 3 nitrogen and oxygen atoms in total. The van der Waals surface area contributed by atoms with E-state index in [0.717, 1.165) is 19.4 Å². The summed E-state index contributed by atoms with van der Waals surface area (Å²) in [5.41, 5.74) is 0.254. The van der Waals surface area contributed by atoms with Crippen molar-refractivity contribution in [2.45, 2.75) is 81.6 Å². The Labute approximate surface area is 104 Å². The summed E-state index contributed by atoms with van der Waals surface area (Å²) in [7, 11) is 0. The minimum Gasteiger partial charge on any atom is -0.393 e. The van der Waals surface area contributed by atoms with E-state index in [0.29, 0.717) is 12.1 Å². The lowest BCUT2D eigenvalue weighted by molar-refractivity contribution is -0.0648. The Kier molecular flexibility index (Phi) is 3.42. The number of aliphatic hydroxyl groups excluding tert-OH is 1. The van der Waals surface area contributed by atoms with E-state index >= 15 is 0 Å². The van der Waals surface area contributed by atoms with Gasteiger partial charge in [-0.15, -0.1) is 0 Å². The Morgan fingerprint density at radius 3 is 2.59 bits per heavy atom. The summed E-state index contributed by atoms with van der Waals surface area (Å²) in [6.45, 7) is 0.985. The van der Waals surface area contributed by atoms with E-state index in [1.807, 2.05) is 0 Å². The molecule has 17 heavy (non-hydrogen) atoms. The second-order valence-electron chi connectivity index (χ2n) is 6.25. The molecular weight excluding hydrogens is 214 g/mol. The van der Waals surface area contributed by atoms with Crippen LogP contribution in [0.1, 0.15) is 57.8 Å². The van der Waals surface area contributed by atoms with Crippen LogP contribution in [-0.2, 0) is 4.74 Å². The number of ether oxygens (including phenoxy) is 1. The second kappa shape index (κ2) is 4.87. The van der Waals surface area contributed by atoms with Gasteiger partial charge < -0.3 is 15.2 Å². The second-order valence-corrected chi connectivity index (χ2v) is 6.25. The fourth-order valence-electron chi connectivity index (χ4n) is 3.66. The van der Waals surface area contributed by atoms with Crippen molar-refractivity contribution < 1.29 is 9.84 Å². The highest BCUT2D eigenvalue weighted by Gasteiger charge is 2.41. The SMILES string of the molecule is OC1CC(NCC2CCC3(CCCCC3)O2)C1. The van der Waals surface area contributed by atoms with E-state index in [1.54, 1.807) is 0 Å². The van der Waals surface area contributed by atoms with Gasteiger partial charge in [-0.05, 0) is 38.5 Å². The average Bonchev–Trinajstić information content (AvgIpc) is 2.67. The number of hydrogen-bond donors (Lipinski definition) is 2. The molecule has 3 heteroatoms. The van der Waals surface area contributed by atoms with E-state index in [-0.39, 0.29) is 11.7 Å². The molecule has 0 aromatic carbocycles. The summed E-state index contributed by atoms with van der Waals surface area (Å²) in [5, 5.41) is 12.8. The molecule has 3 aliphatic rings. The summed E-state index contributed by atoms with van der Waals surface area (Å²) in [5.74, 6) is 0. The Morgan fingerprint density at radius 1 is 1.12 bits per heavy atom. The van der Waals surface area contributed by atoms with Gasteiger partial charge in [-0.25, -0.2) is 0 Å². The molecule has 1 heterocycles.